The van der Waals surface area contributed by atoms with E-state index in [-0.39, 0.29) is 29.1 Å². The van der Waals surface area contributed by atoms with Crippen LogP contribution in [0.15, 0.2) is 53.5 Å². The molecule has 1 heterocycles. The highest BCUT2D eigenvalue weighted by atomic mass is 35.5. The second kappa shape index (κ2) is 10.0. The Morgan fingerprint density at radius 1 is 1.21 bits per heavy atom. The number of alkyl halides is 3. The van der Waals surface area contributed by atoms with Crippen molar-refractivity contribution in [3.05, 3.63) is 64.8 Å². The molecule has 1 aliphatic rings. The monoisotopic (exact) mass is 489 g/mol. The summed E-state index contributed by atoms with van der Waals surface area (Å²) in [5.41, 5.74) is -0.197. The van der Waals surface area contributed by atoms with Gasteiger partial charge in [-0.1, -0.05) is 30.2 Å². The molecule has 0 radical (unpaired) electrons. The fourth-order valence-corrected chi connectivity index (χ4v) is 4.38. The van der Waals surface area contributed by atoms with Gasteiger partial charge in [-0.05, 0) is 61.6 Å². The molecule has 2 aromatic carbocycles. The molecule has 1 saturated carbocycles. The summed E-state index contributed by atoms with van der Waals surface area (Å²) in [4.78, 5) is 20.9. The number of hydrogen-bond acceptors (Lipinski definition) is 4. The normalized spacial score (nSPS) is 18.9. The Balaban J connectivity index is 1.53. The van der Waals surface area contributed by atoms with Gasteiger partial charge >= 0.3 is 6.18 Å². The minimum absolute atomic E-state index is 0.00783. The van der Waals surface area contributed by atoms with E-state index in [4.69, 9.17) is 16.3 Å². The second-order valence-corrected chi connectivity index (χ2v) is 8.70. The maximum absolute atomic E-state index is 13.3. The minimum Gasteiger partial charge on any atom is -0.496 e. The largest absolute Gasteiger partial charge is 0.496 e. The predicted octanol–water partition coefficient (Wildman–Crippen LogP) is 6.61. The van der Waals surface area contributed by atoms with Crippen LogP contribution in [0.2, 0.25) is 5.02 Å². The Morgan fingerprint density at radius 3 is 2.76 bits per heavy atom. The minimum atomic E-state index is -4.59. The number of amides is 1. The number of nitrogens with zero attached hydrogens (tertiary/aromatic N) is 2. The molecule has 0 bridgehead atoms. The molecule has 9 heteroatoms. The third-order valence-corrected chi connectivity index (χ3v) is 6.10. The number of rotatable bonds is 5. The van der Waals surface area contributed by atoms with Gasteiger partial charge in [0.05, 0.1) is 23.9 Å². The van der Waals surface area contributed by atoms with Crippen LogP contribution in [0.5, 0.6) is 5.75 Å². The summed E-state index contributed by atoms with van der Waals surface area (Å²) < 4.78 is 45.3. The van der Waals surface area contributed by atoms with E-state index in [1.54, 1.807) is 36.5 Å². The zero-order valence-corrected chi connectivity index (χ0v) is 19.2. The van der Waals surface area contributed by atoms with Crippen molar-refractivity contribution in [2.75, 3.05) is 7.11 Å². The number of aromatic nitrogens is 1. The van der Waals surface area contributed by atoms with E-state index >= 15 is 0 Å². The number of fused-ring (bicyclic) bond motifs is 1. The average molecular weight is 490 g/mol. The van der Waals surface area contributed by atoms with Crippen LogP contribution in [-0.2, 0) is 6.18 Å². The topological polar surface area (TPSA) is 63.6 Å². The quantitative estimate of drug-likeness (QED) is 0.410. The van der Waals surface area contributed by atoms with Crippen LogP contribution in [0, 0.1) is 5.92 Å². The van der Waals surface area contributed by atoms with Crippen LogP contribution in [0.1, 0.15) is 41.7 Å². The molecule has 0 spiro atoms. The van der Waals surface area contributed by atoms with Crippen LogP contribution in [0.4, 0.5) is 18.9 Å². The van der Waals surface area contributed by atoms with E-state index in [0.717, 1.165) is 25.3 Å². The Morgan fingerprint density at radius 2 is 2.00 bits per heavy atom. The first-order valence-corrected chi connectivity index (χ1v) is 11.3. The zero-order valence-electron chi connectivity index (χ0n) is 18.4. The van der Waals surface area contributed by atoms with Gasteiger partial charge in [0.25, 0.3) is 5.91 Å². The summed E-state index contributed by atoms with van der Waals surface area (Å²) in [6, 6.07) is 12.4. The molecule has 2 atom stereocenters. The number of halogens is 4. The summed E-state index contributed by atoms with van der Waals surface area (Å²) in [7, 11) is 1.51. The van der Waals surface area contributed by atoms with E-state index in [1.165, 1.54) is 19.2 Å². The molecule has 0 saturated heterocycles. The third-order valence-electron chi connectivity index (χ3n) is 5.87. The van der Waals surface area contributed by atoms with Crippen molar-refractivity contribution in [3.63, 3.8) is 0 Å². The van der Waals surface area contributed by atoms with Crippen molar-refractivity contribution in [3.8, 4) is 5.75 Å². The molecule has 2 unspecified atom stereocenters. The molecule has 1 fully saturated rings. The number of benzene rings is 2. The SMILES string of the molecule is COc1ccccc1C(=O)NC1CCCC(/C=N/c2cc(C(F)(F)F)nc3ccc(Cl)cc23)C1. The molecular formula is C25H23ClF3N3O2. The predicted molar refractivity (Wildman–Crippen MR) is 126 cm³/mol. The molecule has 5 nitrogen and oxygen atoms in total. The highest BCUT2D eigenvalue weighted by Crippen LogP contribution is 2.35. The van der Waals surface area contributed by atoms with Crippen molar-refractivity contribution in [1.29, 1.82) is 0 Å². The van der Waals surface area contributed by atoms with Crippen molar-refractivity contribution in [2.45, 2.75) is 37.9 Å². The third kappa shape index (κ3) is 5.50. The van der Waals surface area contributed by atoms with Crippen molar-refractivity contribution in [2.24, 2.45) is 10.9 Å². The first-order chi connectivity index (χ1) is 16.2. The molecule has 1 aromatic heterocycles. The summed E-state index contributed by atoms with van der Waals surface area (Å²) in [5.74, 6) is 0.288. The standard InChI is InChI=1S/C25H23ClF3N3O2/c1-34-22-8-3-2-7-18(22)24(33)31-17-6-4-5-15(11-17)14-30-21-13-23(25(27,28)29)32-20-10-9-16(26)12-19(20)21/h2-3,7-10,12-15,17H,4-6,11H2,1H3,(H,31,33)/b30-14+. The van der Waals surface area contributed by atoms with Gasteiger partial charge in [0.1, 0.15) is 11.4 Å². The first-order valence-electron chi connectivity index (χ1n) is 10.9. The van der Waals surface area contributed by atoms with Gasteiger partial charge in [0, 0.05) is 22.7 Å². The lowest BCUT2D eigenvalue weighted by atomic mass is 9.86. The van der Waals surface area contributed by atoms with Crippen molar-refractivity contribution in [1.82, 2.24) is 10.3 Å². The molecular weight excluding hydrogens is 467 g/mol. The van der Waals surface area contributed by atoms with Gasteiger partial charge in [-0.15, -0.1) is 0 Å². The molecule has 178 valence electrons. The molecule has 0 aliphatic heterocycles. The van der Waals surface area contributed by atoms with Gasteiger partial charge in [-0.25, -0.2) is 4.98 Å². The van der Waals surface area contributed by atoms with Gasteiger partial charge in [-0.3, -0.25) is 9.79 Å². The lowest BCUT2D eigenvalue weighted by Crippen LogP contribution is -2.38. The number of aliphatic imine (C=N–C) groups is 1. The number of nitrogens with one attached hydrogen (secondary N) is 1. The fourth-order valence-electron chi connectivity index (χ4n) is 4.21. The number of carbonyl (C=O) groups excluding carboxylic acids is 1. The molecule has 1 N–H and O–H groups in total. The van der Waals surface area contributed by atoms with Gasteiger partial charge < -0.3 is 10.1 Å². The number of pyridine rings is 1. The summed E-state index contributed by atoms with van der Waals surface area (Å²) in [6.07, 6.45) is 0.246. The number of ether oxygens (including phenoxy) is 1. The van der Waals surface area contributed by atoms with Crippen LogP contribution < -0.4 is 10.1 Å². The Hall–Kier alpha value is -3.13. The average Bonchev–Trinajstić information content (AvgIpc) is 2.82. The maximum atomic E-state index is 13.3. The molecule has 3 aromatic rings. The lowest BCUT2D eigenvalue weighted by Gasteiger charge is -2.28. The Kier molecular flexibility index (Phi) is 7.07. The Bertz CT molecular complexity index is 1230. The van der Waals surface area contributed by atoms with Gasteiger partial charge in [0.15, 0.2) is 0 Å². The van der Waals surface area contributed by atoms with Gasteiger partial charge in [0.2, 0.25) is 0 Å². The van der Waals surface area contributed by atoms with Gasteiger partial charge in [-0.2, -0.15) is 13.2 Å². The number of carbonyl (C=O) groups is 1. The number of hydrogen-bond donors (Lipinski definition) is 1. The Labute approximate surface area is 200 Å². The molecule has 1 amide bonds. The summed E-state index contributed by atoms with van der Waals surface area (Å²) >= 11 is 6.06. The van der Waals surface area contributed by atoms with E-state index in [2.05, 4.69) is 15.3 Å². The van der Waals surface area contributed by atoms with Crippen molar-refractivity contribution < 1.29 is 22.7 Å². The van der Waals surface area contributed by atoms with E-state index < -0.39 is 11.9 Å². The molecule has 1 aliphatic carbocycles. The smallest absolute Gasteiger partial charge is 0.433 e. The maximum Gasteiger partial charge on any atom is 0.433 e. The zero-order chi connectivity index (χ0) is 24.3. The molecule has 34 heavy (non-hydrogen) atoms. The van der Waals surface area contributed by atoms with E-state index in [1.807, 2.05) is 0 Å². The van der Waals surface area contributed by atoms with Crippen molar-refractivity contribution >= 4 is 40.3 Å². The lowest BCUT2D eigenvalue weighted by molar-refractivity contribution is -0.140. The fraction of sp³-hybridized carbons (Fsp3) is 0.320. The summed E-state index contributed by atoms with van der Waals surface area (Å²) in [6.45, 7) is 0. The highest BCUT2D eigenvalue weighted by Gasteiger charge is 2.33. The second-order valence-electron chi connectivity index (χ2n) is 8.26. The van der Waals surface area contributed by atoms with Crippen LogP contribution in [0.3, 0.4) is 0 Å². The molecule has 4 rings (SSSR count). The first kappa shape index (κ1) is 24.0. The van der Waals surface area contributed by atoms with Crippen LogP contribution in [-0.4, -0.2) is 30.3 Å². The van der Waals surface area contributed by atoms with Crippen LogP contribution in [0.25, 0.3) is 10.9 Å². The highest BCUT2D eigenvalue weighted by molar-refractivity contribution is 6.31. The van der Waals surface area contributed by atoms with E-state index in [9.17, 15) is 18.0 Å². The number of methoxy groups -OCH3 is 1. The summed E-state index contributed by atoms with van der Waals surface area (Å²) in [5, 5.41) is 3.89. The van der Waals surface area contributed by atoms with Crippen LogP contribution >= 0.6 is 11.6 Å². The van der Waals surface area contributed by atoms with E-state index in [0.29, 0.717) is 28.1 Å². The number of para-hydroxylation sites is 1.